The van der Waals surface area contributed by atoms with Gasteiger partial charge in [-0.3, -0.25) is 0 Å². The molecule has 0 radical (unpaired) electrons. The molecule has 1 aromatic heterocycles. The molecule has 0 bridgehead atoms. The van der Waals surface area contributed by atoms with Crippen LogP contribution in [-0.4, -0.2) is 0 Å². The van der Waals surface area contributed by atoms with Gasteiger partial charge in [0.25, 0.3) is 0 Å². The van der Waals surface area contributed by atoms with E-state index in [0.717, 1.165) is 17.1 Å². The van der Waals surface area contributed by atoms with Crippen LogP contribution in [0.4, 0.5) is 17.1 Å². The highest BCUT2D eigenvalue weighted by molar-refractivity contribution is 7.25. The van der Waals surface area contributed by atoms with E-state index < -0.39 is 0 Å². The number of anilines is 3. The highest BCUT2D eigenvalue weighted by Gasteiger charge is 2.15. The summed E-state index contributed by atoms with van der Waals surface area (Å²) in [7, 11) is 0. The van der Waals surface area contributed by atoms with Gasteiger partial charge in [-0.15, -0.1) is 11.3 Å². The highest BCUT2D eigenvalue weighted by atomic mass is 32.1. The molecule has 0 saturated carbocycles. The molecule has 0 aliphatic heterocycles. The van der Waals surface area contributed by atoms with Crippen LogP contribution in [0.5, 0.6) is 0 Å². The average molecular weight is 656 g/mol. The van der Waals surface area contributed by atoms with Crippen LogP contribution in [-0.2, 0) is 0 Å². The Hall–Kier alpha value is -6.22. The van der Waals surface area contributed by atoms with E-state index in [4.69, 9.17) is 0 Å². The fourth-order valence-electron chi connectivity index (χ4n) is 6.90. The Morgan fingerprint density at radius 2 is 0.640 bits per heavy atom. The summed E-state index contributed by atoms with van der Waals surface area (Å²) in [5.41, 5.74) is 13.0. The number of hydrogen-bond donors (Lipinski definition) is 0. The van der Waals surface area contributed by atoms with Gasteiger partial charge in [0, 0.05) is 37.2 Å². The number of hydrogen-bond acceptors (Lipinski definition) is 2. The molecule has 50 heavy (non-hydrogen) atoms. The quantitative estimate of drug-likeness (QED) is 0.165. The van der Waals surface area contributed by atoms with Crippen molar-refractivity contribution >= 4 is 48.6 Å². The second-order valence-electron chi connectivity index (χ2n) is 12.6. The van der Waals surface area contributed by atoms with Crippen LogP contribution in [0.2, 0.25) is 0 Å². The Kier molecular flexibility index (Phi) is 7.77. The Bertz CT molecular complexity index is 2550. The first-order valence-corrected chi connectivity index (χ1v) is 17.8. The number of nitrogens with zero attached hydrogens (tertiary/aromatic N) is 1. The maximum Gasteiger partial charge on any atom is 0.0462 e. The van der Waals surface area contributed by atoms with Crippen LogP contribution >= 0.6 is 11.3 Å². The Labute approximate surface area is 297 Å². The molecule has 0 aliphatic carbocycles. The van der Waals surface area contributed by atoms with Crippen LogP contribution in [0.15, 0.2) is 200 Å². The molecule has 0 fully saturated rings. The van der Waals surface area contributed by atoms with Gasteiger partial charge in [0.05, 0.1) is 0 Å². The number of fused-ring (bicyclic) bond motifs is 3. The summed E-state index contributed by atoms with van der Waals surface area (Å²) in [4.78, 5) is 2.35. The van der Waals surface area contributed by atoms with E-state index in [2.05, 4.69) is 205 Å². The van der Waals surface area contributed by atoms with Crippen LogP contribution < -0.4 is 4.90 Å². The second kappa shape index (κ2) is 13.0. The fourth-order valence-corrected chi connectivity index (χ4v) is 7.99. The van der Waals surface area contributed by atoms with Crippen molar-refractivity contribution in [3.8, 4) is 44.5 Å². The first-order valence-electron chi connectivity index (χ1n) is 17.0. The summed E-state index contributed by atoms with van der Waals surface area (Å²) in [6.45, 7) is 0. The minimum atomic E-state index is 1.11. The average Bonchev–Trinajstić information content (AvgIpc) is 3.58. The zero-order valence-corrected chi connectivity index (χ0v) is 28.2. The van der Waals surface area contributed by atoms with Crippen molar-refractivity contribution in [2.45, 2.75) is 0 Å². The smallest absolute Gasteiger partial charge is 0.0462 e. The third-order valence-corrected chi connectivity index (χ3v) is 10.6. The van der Waals surface area contributed by atoms with E-state index in [1.165, 1.54) is 64.7 Å². The number of benzene rings is 8. The van der Waals surface area contributed by atoms with Gasteiger partial charge in [0.2, 0.25) is 0 Å². The van der Waals surface area contributed by atoms with Crippen LogP contribution in [0, 0.1) is 0 Å². The van der Waals surface area contributed by atoms with Gasteiger partial charge in [-0.05, 0) is 105 Å². The van der Waals surface area contributed by atoms with Crippen molar-refractivity contribution < 1.29 is 0 Å². The van der Waals surface area contributed by atoms with Crippen molar-refractivity contribution in [3.05, 3.63) is 200 Å². The van der Waals surface area contributed by atoms with Crippen molar-refractivity contribution in [2.75, 3.05) is 4.90 Å². The molecule has 0 unspecified atom stereocenters. The monoisotopic (exact) mass is 655 g/mol. The molecular weight excluding hydrogens is 623 g/mol. The van der Waals surface area contributed by atoms with Gasteiger partial charge in [0.15, 0.2) is 0 Å². The second-order valence-corrected chi connectivity index (χ2v) is 13.7. The Balaban J connectivity index is 1.08. The molecular formula is C48H33NS. The summed E-state index contributed by atoms with van der Waals surface area (Å²) in [6.07, 6.45) is 0. The summed E-state index contributed by atoms with van der Waals surface area (Å²) in [5, 5.41) is 2.65. The van der Waals surface area contributed by atoms with E-state index in [1.807, 2.05) is 11.3 Å². The van der Waals surface area contributed by atoms with E-state index in [-0.39, 0.29) is 0 Å². The lowest BCUT2D eigenvalue weighted by Crippen LogP contribution is -2.09. The van der Waals surface area contributed by atoms with Crippen molar-refractivity contribution in [1.29, 1.82) is 0 Å². The summed E-state index contributed by atoms with van der Waals surface area (Å²) in [5.74, 6) is 0. The standard InChI is InChI=1S/C48H33NS/c1-3-10-34(11-4-1)36-18-25-42(26-19-36)49(43-27-20-37(21-28-43)40-15-9-14-39(32-40)35-12-5-2-6-13-35)44-29-22-38(23-30-44)41-24-31-48-46(33-41)45-16-7-8-17-47(45)50-48/h1-33H. The minimum Gasteiger partial charge on any atom is -0.311 e. The topological polar surface area (TPSA) is 3.24 Å². The maximum atomic E-state index is 2.35. The molecule has 0 saturated heterocycles. The summed E-state index contributed by atoms with van der Waals surface area (Å²) >= 11 is 1.86. The zero-order valence-electron chi connectivity index (χ0n) is 27.4. The lowest BCUT2D eigenvalue weighted by Gasteiger charge is -2.26. The van der Waals surface area contributed by atoms with Gasteiger partial charge >= 0.3 is 0 Å². The summed E-state index contributed by atoms with van der Waals surface area (Å²) < 4.78 is 2.66. The van der Waals surface area contributed by atoms with E-state index in [0.29, 0.717) is 0 Å². The van der Waals surface area contributed by atoms with Gasteiger partial charge in [-0.2, -0.15) is 0 Å². The molecule has 9 rings (SSSR count). The van der Waals surface area contributed by atoms with Crippen LogP contribution in [0.3, 0.4) is 0 Å². The Morgan fingerprint density at radius 1 is 0.260 bits per heavy atom. The van der Waals surface area contributed by atoms with Gasteiger partial charge < -0.3 is 4.90 Å². The van der Waals surface area contributed by atoms with Crippen molar-refractivity contribution in [3.63, 3.8) is 0 Å². The molecule has 9 aromatic rings. The molecule has 0 spiro atoms. The third kappa shape index (κ3) is 5.77. The van der Waals surface area contributed by atoms with Crippen LogP contribution in [0.1, 0.15) is 0 Å². The van der Waals surface area contributed by atoms with E-state index in [9.17, 15) is 0 Å². The maximum absolute atomic E-state index is 2.35. The zero-order chi connectivity index (χ0) is 33.3. The van der Waals surface area contributed by atoms with Crippen LogP contribution in [0.25, 0.3) is 64.7 Å². The van der Waals surface area contributed by atoms with Gasteiger partial charge in [-0.1, -0.05) is 140 Å². The van der Waals surface area contributed by atoms with Crippen molar-refractivity contribution in [2.24, 2.45) is 0 Å². The molecule has 0 aliphatic rings. The normalized spacial score (nSPS) is 11.2. The fraction of sp³-hybridized carbons (Fsp3) is 0. The molecule has 8 aromatic carbocycles. The van der Waals surface area contributed by atoms with Gasteiger partial charge in [-0.25, -0.2) is 0 Å². The molecule has 0 atom stereocenters. The van der Waals surface area contributed by atoms with E-state index >= 15 is 0 Å². The van der Waals surface area contributed by atoms with Gasteiger partial charge in [0.1, 0.15) is 0 Å². The number of rotatable bonds is 7. The molecule has 0 N–H and O–H groups in total. The van der Waals surface area contributed by atoms with Crippen molar-refractivity contribution in [1.82, 2.24) is 0 Å². The number of thiophene rings is 1. The van der Waals surface area contributed by atoms with E-state index in [1.54, 1.807) is 0 Å². The SMILES string of the molecule is c1ccc(-c2ccc(N(c3ccc(-c4cccc(-c5ccccc5)c4)cc3)c3ccc(-c4ccc5sc6ccccc6c5c4)cc3)cc2)cc1. The molecule has 1 nitrogen and oxygen atoms in total. The summed E-state index contributed by atoms with van der Waals surface area (Å²) in [6, 6.07) is 72.3. The predicted octanol–water partition coefficient (Wildman–Crippen LogP) is 14.2. The molecule has 0 amide bonds. The Morgan fingerprint density at radius 3 is 1.20 bits per heavy atom. The molecule has 236 valence electrons. The lowest BCUT2D eigenvalue weighted by molar-refractivity contribution is 1.28. The third-order valence-electron chi connectivity index (χ3n) is 9.50. The largest absolute Gasteiger partial charge is 0.311 e. The first kappa shape index (κ1) is 29.9. The minimum absolute atomic E-state index is 1.11. The predicted molar refractivity (Wildman–Crippen MR) is 216 cm³/mol. The lowest BCUT2D eigenvalue weighted by atomic mass is 9.98. The highest BCUT2D eigenvalue weighted by Crippen LogP contribution is 2.40. The molecule has 1 heterocycles. The first-order chi connectivity index (χ1) is 24.8. The molecule has 2 heteroatoms.